The molecule has 8 heteroatoms. The van der Waals surface area contributed by atoms with Gasteiger partial charge in [-0.1, -0.05) is 17.7 Å². The summed E-state index contributed by atoms with van der Waals surface area (Å²) in [5.74, 6) is -0.156. The van der Waals surface area contributed by atoms with Gasteiger partial charge in [-0.15, -0.1) is 0 Å². The van der Waals surface area contributed by atoms with Crippen LogP contribution in [0.1, 0.15) is 52.6 Å². The molecule has 3 rings (SSSR count). The number of hydrogen-bond donors (Lipinski definition) is 2. The number of esters is 1. The van der Waals surface area contributed by atoms with Crippen molar-refractivity contribution in [2.45, 2.75) is 44.9 Å². The summed E-state index contributed by atoms with van der Waals surface area (Å²) in [6, 6.07) is 7.58. The second kappa shape index (κ2) is 10.7. The summed E-state index contributed by atoms with van der Waals surface area (Å²) >= 11 is -1.19. The molecule has 0 spiro atoms. The molecule has 2 aromatic rings. The molecule has 33 heavy (non-hydrogen) atoms. The van der Waals surface area contributed by atoms with E-state index < -0.39 is 11.2 Å². The van der Waals surface area contributed by atoms with Gasteiger partial charge in [0, 0.05) is 29.8 Å². The van der Waals surface area contributed by atoms with E-state index >= 15 is 0 Å². The molecule has 7 nitrogen and oxygen atoms in total. The van der Waals surface area contributed by atoms with Crippen LogP contribution in [0.2, 0.25) is 0 Å². The normalized spacial score (nSPS) is 15.7. The van der Waals surface area contributed by atoms with Gasteiger partial charge in [-0.3, -0.25) is 14.4 Å². The molecule has 0 bridgehead atoms. The Morgan fingerprint density at radius 2 is 1.82 bits per heavy atom. The van der Waals surface area contributed by atoms with Crippen LogP contribution in [0.5, 0.6) is 0 Å². The zero-order valence-electron chi connectivity index (χ0n) is 19.2. The Morgan fingerprint density at radius 3 is 2.45 bits per heavy atom. The summed E-state index contributed by atoms with van der Waals surface area (Å²) in [6.45, 7) is 5.59. The standard InChI is InChI=1S/C25H28N2O5S/c1-15-5-7-18(8-6-15)33(31)12-11-20-17(3)25(30)27-22(20)13-21-16(2)19(23(14-28)26-21)9-10-24(29)32-4/h5-8,13-14,26H,9-12H2,1-4H3,(H,27,30)/b22-13-. The summed E-state index contributed by atoms with van der Waals surface area (Å²) in [4.78, 5) is 39.3. The quantitative estimate of drug-likeness (QED) is 0.332. The summed E-state index contributed by atoms with van der Waals surface area (Å²) in [5.41, 5.74) is 5.77. The van der Waals surface area contributed by atoms with E-state index in [0.29, 0.717) is 41.3 Å². The van der Waals surface area contributed by atoms with Gasteiger partial charge in [0.1, 0.15) is 5.75 Å². The third kappa shape index (κ3) is 5.64. The number of aromatic amines is 1. The highest BCUT2D eigenvalue weighted by atomic mass is 32.2. The van der Waals surface area contributed by atoms with Crippen LogP contribution in [-0.4, -0.2) is 40.6 Å². The van der Waals surface area contributed by atoms with Crippen LogP contribution in [0, 0.1) is 13.8 Å². The Kier molecular flexibility index (Phi) is 7.94. The fourth-order valence-corrected chi connectivity index (χ4v) is 4.86. The minimum Gasteiger partial charge on any atom is -0.611 e. The Balaban J connectivity index is 1.82. The number of benzene rings is 1. The largest absolute Gasteiger partial charge is 0.611 e. The fraction of sp³-hybridized carbons (Fsp3) is 0.320. The SMILES string of the molecule is COC(=O)CCc1c(C=O)[nH]c(/C=C2\NC(=O)C(C)=C2CC[S+]([O-])c2ccc(C)cc2)c1C. The summed E-state index contributed by atoms with van der Waals surface area (Å²) in [7, 11) is 1.33. The van der Waals surface area contributed by atoms with Crippen molar-refractivity contribution < 1.29 is 23.7 Å². The van der Waals surface area contributed by atoms with Crippen molar-refractivity contribution in [2.75, 3.05) is 12.9 Å². The lowest BCUT2D eigenvalue weighted by Gasteiger charge is -2.12. The van der Waals surface area contributed by atoms with Crippen LogP contribution in [0.25, 0.3) is 6.08 Å². The Labute approximate surface area is 196 Å². The van der Waals surface area contributed by atoms with Crippen molar-refractivity contribution in [3.05, 3.63) is 69.2 Å². The first-order valence-electron chi connectivity index (χ1n) is 10.7. The number of carbonyl (C=O) groups excluding carboxylic acids is 3. The maximum absolute atomic E-state index is 12.7. The van der Waals surface area contributed by atoms with Gasteiger partial charge in [0.2, 0.25) is 0 Å². The molecule has 2 heterocycles. The lowest BCUT2D eigenvalue weighted by molar-refractivity contribution is -0.140. The molecule has 1 amide bonds. The number of rotatable bonds is 9. The number of nitrogens with one attached hydrogen (secondary N) is 2. The van der Waals surface area contributed by atoms with Crippen LogP contribution in [0.3, 0.4) is 0 Å². The van der Waals surface area contributed by atoms with E-state index in [1.165, 1.54) is 7.11 Å². The van der Waals surface area contributed by atoms with E-state index in [9.17, 15) is 18.9 Å². The van der Waals surface area contributed by atoms with Gasteiger partial charge >= 0.3 is 5.97 Å². The van der Waals surface area contributed by atoms with E-state index in [1.807, 2.05) is 38.1 Å². The summed E-state index contributed by atoms with van der Waals surface area (Å²) in [6.07, 6.45) is 3.52. The van der Waals surface area contributed by atoms with Gasteiger partial charge in [-0.2, -0.15) is 0 Å². The first kappa shape index (κ1) is 24.5. The average Bonchev–Trinajstić information content (AvgIpc) is 3.25. The molecular formula is C25H28N2O5S. The van der Waals surface area contributed by atoms with E-state index in [-0.39, 0.29) is 18.3 Å². The molecule has 1 unspecified atom stereocenters. The molecule has 2 N–H and O–H groups in total. The highest BCUT2D eigenvalue weighted by molar-refractivity contribution is 7.91. The number of carbonyl (C=O) groups is 3. The van der Waals surface area contributed by atoms with Crippen molar-refractivity contribution in [2.24, 2.45) is 0 Å². The van der Waals surface area contributed by atoms with E-state index in [1.54, 1.807) is 13.0 Å². The minimum atomic E-state index is -1.19. The topological polar surface area (TPSA) is 111 Å². The zero-order valence-corrected chi connectivity index (χ0v) is 20.1. The molecule has 1 aliphatic rings. The molecule has 174 valence electrons. The zero-order chi connectivity index (χ0) is 24.1. The third-order valence-corrected chi connectivity index (χ3v) is 7.23. The predicted octanol–water partition coefficient (Wildman–Crippen LogP) is 3.53. The maximum atomic E-state index is 12.7. The van der Waals surface area contributed by atoms with Crippen LogP contribution in [-0.2, 0) is 31.9 Å². The molecular weight excluding hydrogens is 440 g/mol. The van der Waals surface area contributed by atoms with Crippen molar-refractivity contribution in [3.8, 4) is 0 Å². The molecule has 1 aliphatic heterocycles. The van der Waals surface area contributed by atoms with Gasteiger partial charge in [0.15, 0.2) is 11.2 Å². The molecule has 1 aromatic carbocycles. The smallest absolute Gasteiger partial charge is 0.305 e. The number of aromatic nitrogens is 1. The van der Waals surface area contributed by atoms with E-state index in [0.717, 1.165) is 33.4 Å². The summed E-state index contributed by atoms with van der Waals surface area (Å²) < 4.78 is 17.4. The van der Waals surface area contributed by atoms with Crippen molar-refractivity contribution in [1.82, 2.24) is 10.3 Å². The molecule has 1 aromatic heterocycles. The molecule has 0 fully saturated rings. The predicted molar refractivity (Wildman–Crippen MR) is 127 cm³/mol. The number of aldehydes is 1. The second-order valence-corrected chi connectivity index (χ2v) is 9.55. The Morgan fingerprint density at radius 1 is 1.12 bits per heavy atom. The van der Waals surface area contributed by atoms with Crippen LogP contribution >= 0.6 is 0 Å². The maximum Gasteiger partial charge on any atom is 0.305 e. The highest BCUT2D eigenvalue weighted by Gasteiger charge is 2.26. The monoisotopic (exact) mass is 468 g/mol. The number of ether oxygens (including phenoxy) is 1. The Hall–Kier alpha value is -3.10. The lowest BCUT2D eigenvalue weighted by atomic mass is 10.0. The second-order valence-electron chi connectivity index (χ2n) is 7.98. The van der Waals surface area contributed by atoms with E-state index in [2.05, 4.69) is 10.3 Å². The number of methoxy groups -OCH3 is 1. The van der Waals surface area contributed by atoms with Crippen molar-refractivity contribution in [1.29, 1.82) is 0 Å². The fourth-order valence-electron chi connectivity index (χ4n) is 3.80. The van der Waals surface area contributed by atoms with Crippen LogP contribution in [0.4, 0.5) is 0 Å². The number of amides is 1. The van der Waals surface area contributed by atoms with Crippen molar-refractivity contribution >= 4 is 35.4 Å². The van der Waals surface area contributed by atoms with Gasteiger partial charge in [-0.05, 0) is 73.3 Å². The van der Waals surface area contributed by atoms with Gasteiger partial charge in [-0.25, -0.2) is 0 Å². The number of H-pyrrole nitrogens is 1. The first-order chi connectivity index (χ1) is 15.7. The highest BCUT2D eigenvalue weighted by Crippen LogP contribution is 2.29. The van der Waals surface area contributed by atoms with Crippen LogP contribution < -0.4 is 5.32 Å². The molecule has 0 saturated heterocycles. The van der Waals surface area contributed by atoms with Gasteiger partial charge in [0.05, 0.1) is 12.8 Å². The molecule has 0 radical (unpaired) electrons. The first-order valence-corrected chi connectivity index (χ1v) is 12.0. The average molecular weight is 469 g/mol. The number of aryl methyl sites for hydroxylation is 1. The number of allylic oxidation sites excluding steroid dienone is 1. The van der Waals surface area contributed by atoms with Gasteiger partial charge in [0.25, 0.3) is 5.91 Å². The molecule has 0 aliphatic carbocycles. The Bertz CT molecular complexity index is 1130. The van der Waals surface area contributed by atoms with Crippen LogP contribution in [0.15, 0.2) is 46.0 Å². The molecule has 0 saturated carbocycles. The number of hydrogen-bond acceptors (Lipinski definition) is 5. The minimum absolute atomic E-state index is 0.165. The van der Waals surface area contributed by atoms with Crippen molar-refractivity contribution in [3.63, 3.8) is 0 Å². The molecule has 1 atom stereocenters. The summed E-state index contributed by atoms with van der Waals surface area (Å²) in [5, 5.41) is 2.87. The van der Waals surface area contributed by atoms with Gasteiger partial charge < -0.3 is 19.6 Å². The van der Waals surface area contributed by atoms with E-state index in [4.69, 9.17) is 4.74 Å². The lowest BCUT2D eigenvalue weighted by Crippen LogP contribution is -2.15. The third-order valence-electron chi connectivity index (χ3n) is 5.85.